The summed E-state index contributed by atoms with van der Waals surface area (Å²) in [4.78, 5) is 11.0. The molecule has 0 saturated heterocycles. The van der Waals surface area contributed by atoms with E-state index in [0.717, 1.165) is 0 Å². The normalized spacial score (nSPS) is 10.3. The van der Waals surface area contributed by atoms with Gasteiger partial charge >= 0.3 is 0 Å². The van der Waals surface area contributed by atoms with Crippen molar-refractivity contribution in [2.45, 2.75) is 0 Å². The van der Waals surface area contributed by atoms with Crippen LogP contribution in [0.2, 0.25) is 0 Å². The average Bonchev–Trinajstić information content (AvgIpc) is 2.36. The van der Waals surface area contributed by atoms with Gasteiger partial charge in [-0.15, -0.1) is 0 Å². The van der Waals surface area contributed by atoms with Crippen molar-refractivity contribution >= 4 is 37.8 Å². The molecule has 2 rings (SSSR count). The summed E-state index contributed by atoms with van der Waals surface area (Å²) in [6.45, 7) is 0. The smallest absolute Gasteiger partial charge is 0.248 e. The van der Waals surface area contributed by atoms with Gasteiger partial charge in [-0.1, -0.05) is 0 Å². The first kappa shape index (κ1) is 14.0. The highest BCUT2D eigenvalue weighted by molar-refractivity contribution is 9.11. The van der Waals surface area contributed by atoms with Crippen molar-refractivity contribution in [3.8, 4) is 11.5 Å². The molecule has 0 unspecified atom stereocenters. The number of rotatable bonds is 3. The fraction of sp³-hybridized carbons (Fsp3) is 0. The van der Waals surface area contributed by atoms with Crippen molar-refractivity contribution in [1.82, 2.24) is 0 Å². The maximum absolute atomic E-state index is 13.1. The quantitative estimate of drug-likeness (QED) is 0.854. The van der Waals surface area contributed by atoms with Gasteiger partial charge in [0.2, 0.25) is 5.91 Å². The third-order valence-electron chi connectivity index (χ3n) is 2.33. The lowest BCUT2D eigenvalue weighted by atomic mass is 10.2. The van der Waals surface area contributed by atoms with Crippen LogP contribution in [0.1, 0.15) is 10.4 Å². The number of ether oxygens (including phenoxy) is 1. The van der Waals surface area contributed by atoms with Gasteiger partial charge in [0.1, 0.15) is 17.3 Å². The highest BCUT2D eigenvalue weighted by Gasteiger charge is 2.09. The molecule has 0 bridgehead atoms. The molecule has 2 aromatic carbocycles. The lowest BCUT2D eigenvalue weighted by Gasteiger charge is -2.10. The lowest BCUT2D eigenvalue weighted by molar-refractivity contribution is 0.1000. The molecule has 0 spiro atoms. The zero-order chi connectivity index (χ0) is 14.0. The van der Waals surface area contributed by atoms with Crippen molar-refractivity contribution in [2.75, 3.05) is 0 Å². The summed E-state index contributed by atoms with van der Waals surface area (Å²) in [5.41, 5.74) is 5.53. The molecule has 3 nitrogen and oxygen atoms in total. The third kappa shape index (κ3) is 3.33. The molecule has 2 N–H and O–H groups in total. The van der Waals surface area contributed by atoms with Crippen LogP contribution in [0.15, 0.2) is 45.3 Å². The van der Waals surface area contributed by atoms with Crippen LogP contribution in [0, 0.1) is 5.82 Å². The fourth-order valence-corrected chi connectivity index (χ4v) is 2.20. The maximum Gasteiger partial charge on any atom is 0.248 e. The summed E-state index contributed by atoms with van der Waals surface area (Å²) in [6.07, 6.45) is 0. The van der Waals surface area contributed by atoms with Gasteiger partial charge in [0, 0.05) is 11.6 Å². The SMILES string of the molecule is NC(=O)c1ccc(Oc2cc(F)ccc2Br)c(Br)c1. The van der Waals surface area contributed by atoms with Crippen molar-refractivity contribution in [3.63, 3.8) is 0 Å². The molecular weight excluding hydrogens is 381 g/mol. The van der Waals surface area contributed by atoms with Crippen LogP contribution in [0.4, 0.5) is 4.39 Å². The van der Waals surface area contributed by atoms with Crippen molar-refractivity contribution in [3.05, 3.63) is 56.7 Å². The number of nitrogens with two attached hydrogens (primary N) is 1. The van der Waals surface area contributed by atoms with Crippen molar-refractivity contribution in [1.29, 1.82) is 0 Å². The summed E-state index contributed by atoms with van der Waals surface area (Å²) in [5.74, 6) is -0.133. The number of benzene rings is 2. The Balaban J connectivity index is 2.33. The van der Waals surface area contributed by atoms with Gasteiger partial charge in [0.25, 0.3) is 0 Å². The number of hydrogen-bond donors (Lipinski definition) is 1. The molecule has 19 heavy (non-hydrogen) atoms. The Kier molecular flexibility index (Phi) is 4.21. The molecule has 98 valence electrons. The van der Waals surface area contributed by atoms with Crippen LogP contribution in [0.3, 0.4) is 0 Å². The van der Waals surface area contributed by atoms with E-state index in [-0.39, 0.29) is 0 Å². The van der Waals surface area contributed by atoms with Crippen LogP contribution < -0.4 is 10.5 Å². The molecule has 2 aromatic rings. The maximum atomic E-state index is 13.1. The minimum Gasteiger partial charge on any atom is -0.455 e. The van der Waals surface area contributed by atoms with E-state index in [4.69, 9.17) is 10.5 Å². The molecule has 0 aromatic heterocycles. The molecule has 0 fully saturated rings. The molecule has 1 amide bonds. The Morgan fingerprint density at radius 1 is 1.05 bits per heavy atom. The van der Waals surface area contributed by atoms with Crippen molar-refractivity contribution < 1.29 is 13.9 Å². The van der Waals surface area contributed by atoms with Crippen LogP contribution in [-0.2, 0) is 0 Å². The Bertz CT molecular complexity index is 647. The Morgan fingerprint density at radius 3 is 2.42 bits per heavy atom. The monoisotopic (exact) mass is 387 g/mol. The van der Waals surface area contributed by atoms with Crippen LogP contribution >= 0.6 is 31.9 Å². The average molecular weight is 389 g/mol. The molecule has 0 saturated carbocycles. The van der Waals surface area contributed by atoms with Gasteiger partial charge in [-0.25, -0.2) is 4.39 Å². The fourth-order valence-electron chi connectivity index (χ4n) is 1.41. The lowest BCUT2D eigenvalue weighted by Crippen LogP contribution is -2.10. The zero-order valence-corrected chi connectivity index (χ0v) is 12.7. The van der Waals surface area contributed by atoms with E-state index in [0.29, 0.717) is 26.0 Å². The van der Waals surface area contributed by atoms with Crippen LogP contribution in [-0.4, -0.2) is 5.91 Å². The van der Waals surface area contributed by atoms with Gasteiger partial charge in [-0.3, -0.25) is 4.79 Å². The first-order valence-electron chi connectivity index (χ1n) is 5.19. The molecule has 0 aliphatic carbocycles. The van der Waals surface area contributed by atoms with Crippen LogP contribution in [0.25, 0.3) is 0 Å². The first-order chi connectivity index (χ1) is 8.97. The summed E-state index contributed by atoms with van der Waals surface area (Å²) in [5, 5.41) is 0. The predicted octanol–water partition coefficient (Wildman–Crippen LogP) is 4.24. The van der Waals surface area contributed by atoms with E-state index in [1.54, 1.807) is 18.2 Å². The zero-order valence-electron chi connectivity index (χ0n) is 9.49. The van der Waals surface area contributed by atoms with Gasteiger partial charge in [0.15, 0.2) is 0 Å². The molecule has 0 heterocycles. The second-order valence-corrected chi connectivity index (χ2v) is 5.39. The Labute approximate surface area is 125 Å². The molecular formula is C13H8Br2FNO2. The van der Waals surface area contributed by atoms with Gasteiger partial charge in [-0.2, -0.15) is 0 Å². The molecule has 0 aliphatic rings. The minimum atomic E-state index is -0.529. The van der Waals surface area contributed by atoms with E-state index in [1.165, 1.54) is 18.2 Å². The van der Waals surface area contributed by atoms with Gasteiger partial charge < -0.3 is 10.5 Å². The topological polar surface area (TPSA) is 52.3 Å². The predicted molar refractivity (Wildman–Crippen MR) is 76.8 cm³/mol. The molecule has 0 aliphatic heterocycles. The van der Waals surface area contributed by atoms with E-state index in [1.807, 2.05) is 0 Å². The third-order valence-corrected chi connectivity index (χ3v) is 3.60. The minimum absolute atomic E-state index is 0.340. The Morgan fingerprint density at radius 2 is 1.79 bits per heavy atom. The van der Waals surface area contributed by atoms with E-state index >= 15 is 0 Å². The van der Waals surface area contributed by atoms with Crippen molar-refractivity contribution in [2.24, 2.45) is 5.73 Å². The van der Waals surface area contributed by atoms with E-state index in [9.17, 15) is 9.18 Å². The van der Waals surface area contributed by atoms with Gasteiger partial charge in [-0.05, 0) is 62.2 Å². The highest BCUT2D eigenvalue weighted by atomic mass is 79.9. The molecule has 0 atom stereocenters. The Hall–Kier alpha value is -1.40. The number of carbonyl (C=O) groups excluding carboxylic acids is 1. The highest BCUT2D eigenvalue weighted by Crippen LogP contribution is 2.34. The second-order valence-electron chi connectivity index (χ2n) is 3.69. The largest absolute Gasteiger partial charge is 0.455 e. The number of amides is 1. The summed E-state index contributed by atoms with van der Waals surface area (Å²) in [6, 6.07) is 8.80. The number of carbonyl (C=O) groups is 1. The van der Waals surface area contributed by atoms with E-state index in [2.05, 4.69) is 31.9 Å². The summed E-state index contributed by atoms with van der Waals surface area (Å²) < 4.78 is 19.9. The number of hydrogen-bond acceptors (Lipinski definition) is 2. The summed E-state index contributed by atoms with van der Waals surface area (Å²) in [7, 11) is 0. The van der Waals surface area contributed by atoms with Crippen LogP contribution in [0.5, 0.6) is 11.5 Å². The van der Waals surface area contributed by atoms with E-state index < -0.39 is 11.7 Å². The summed E-state index contributed by atoms with van der Waals surface area (Å²) >= 11 is 6.54. The molecule has 6 heteroatoms. The second kappa shape index (κ2) is 5.71. The van der Waals surface area contributed by atoms with Gasteiger partial charge in [0.05, 0.1) is 8.95 Å². The first-order valence-corrected chi connectivity index (χ1v) is 6.78. The molecule has 0 radical (unpaired) electrons. The number of halogens is 3. The number of primary amides is 1. The standard InChI is InChI=1S/C13H8Br2FNO2/c14-9-3-2-8(16)6-12(9)19-11-4-1-7(13(17)18)5-10(11)15/h1-6H,(H2,17,18).